The SMILES string of the molecule is Cc1ccccc1CC(=O)OC1C[C@H]2CC[C@@H](C1)N2C.Cl. The molecule has 0 aromatic heterocycles. The molecule has 0 saturated carbocycles. The van der Waals surface area contributed by atoms with Gasteiger partial charge in [-0.25, -0.2) is 0 Å². The second-order valence-electron chi connectivity index (χ2n) is 6.24. The highest BCUT2D eigenvalue weighted by Gasteiger charge is 2.39. The summed E-state index contributed by atoms with van der Waals surface area (Å²) < 4.78 is 5.71. The van der Waals surface area contributed by atoms with E-state index in [0.29, 0.717) is 18.5 Å². The number of rotatable bonds is 3. The first-order valence-electron chi connectivity index (χ1n) is 7.59. The Morgan fingerprint density at radius 1 is 1.24 bits per heavy atom. The summed E-state index contributed by atoms with van der Waals surface area (Å²) in [6.07, 6.45) is 5.05. The summed E-state index contributed by atoms with van der Waals surface area (Å²) in [5.74, 6) is -0.0757. The van der Waals surface area contributed by atoms with E-state index in [2.05, 4.69) is 11.9 Å². The zero-order chi connectivity index (χ0) is 14.1. The largest absolute Gasteiger partial charge is 0.462 e. The normalized spacial score (nSPS) is 28.0. The number of fused-ring (bicyclic) bond motifs is 2. The quantitative estimate of drug-likeness (QED) is 0.803. The van der Waals surface area contributed by atoms with Crippen LogP contribution in [-0.4, -0.2) is 36.1 Å². The summed E-state index contributed by atoms with van der Waals surface area (Å²) in [7, 11) is 2.20. The fourth-order valence-corrected chi connectivity index (χ4v) is 3.65. The summed E-state index contributed by atoms with van der Waals surface area (Å²) in [4.78, 5) is 14.6. The molecule has 1 aromatic rings. The van der Waals surface area contributed by atoms with Crippen LogP contribution in [0.1, 0.15) is 36.8 Å². The maximum atomic E-state index is 12.1. The van der Waals surface area contributed by atoms with Gasteiger partial charge in [-0.15, -0.1) is 12.4 Å². The lowest BCUT2D eigenvalue weighted by molar-refractivity contribution is -0.151. The van der Waals surface area contributed by atoms with E-state index in [1.54, 1.807) is 0 Å². The molecular formula is C17H24ClNO2. The molecule has 4 heteroatoms. The number of halogens is 1. The zero-order valence-electron chi connectivity index (χ0n) is 12.7. The lowest BCUT2D eigenvalue weighted by Gasteiger charge is -2.35. The second-order valence-corrected chi connectivity index (χ2v) is 6.24. The van der Waals surface area contributed by atoms with Gasteiger partial charge in [0.2, 0.25) is 0 Å². The molecular weight excluding hydrogens is 286 g/mol. The molecule has 0 N–H and O–H groups in total. The molecule has 0 radical (unpaired) electrons. The molecule has 1 unspecified atom stereocenters. The van der Waals surface area contributed by atoms with Crippen molar-refractivity contribution < 1.29 is 9.53 Å². The zero-order valence-corrected chi connectivity index (χ0v) is 13.6. The minimum absolute atomic E-state index is 0. The van der Waals surface area contributed by atoms with E-state index < -0.39 is 0 Å². The van der Waals surface area contributed by atoms with Crippen molar-refractivity contribution in [1.29, 1.82) is 0 Å². The van der Waals surface area contributed by atoms with Crippen LogP contribution in [0.4, 0.5) is 0 Å². The van der Waals surface area contributed by atoms with Crippen molar-refractivity contribution in [3.63, 3.8) is 0 Å². The average molecular weight is 310 g/mol. The number of esters is 1. The smallest absolute Gasteiger partial charge is 0.310 e. The van der Waals surface area contributed by atoms with Gasteiger partial charge in [-0.3, -0.25) is 4.79 Å². The van der Waals surface area contributed by atoms with E-state index in [9.17, 15) is 4.79 Å². The molecule has 2 saturated heterocycles. The summed E-state index contributed by atoms with van der Waals surface area (Å²) in [5.41, 5.74) is 2.24. The third kappa shape index (κ3) is 3.58. The van der Waals surface area contributed by atoms with E-state index in [4.69, 9.17) is 4.74 Å². The molecule has 116 valence electrons. The van der Waals surface area contributed by atoms with Gasteiger partial charge in [0.25, 0.3) is 0 Å². The lowest BCUT2D eigenvalue weighted by atomic mass is 10.0. The summed E-state index contributed by atoms with van der Waals surface area (Å²) in [6, 6.07) is 9.26. The maximum absolute atomic E-state index is 12.1. The molecule has 2 fully saturated rings. The molecule has 3 atom stereocenters. The number of benzene rings is 1. The van der Waals surface area contributed by atoms with Crippen LogP contribution in [0.15, 0.2) is 24.3 Å². The predicted molar refractivity (Wildman–Crippen MR) is 85.8 cm³/mol. The Hall–Kier alpha value is -1.06. The van der Waals surface area contributed by atoms with Crippen LogP contribution in [0.3, 0.4) is 0 Å². The number of nitrogens with zero attached hydrogens (tertiary/aromatic N) is 1. The molecule has 0 spiro atoms. The van der Waals surface area contributed by atoms with Crippen molar-refractivity contribution in [3.05, 3.63) is 35.4 Å². The standard InChI is InChI=1S/C17H23NO2.ClH/c1-12-5-3-4-6-13(12)9-17(19)20-16-10-14-7-8-15(11-16)18(14)2;/h3-6,14-16H,7-11H2,1-2H3;1H/t14-,15+,16?;. The highest BCUT2D eigenvalue weighted by Crippen LogP contribution is 2.35. The van der Waals surface area contributed by atoms with Gasteiger partial charge in [0, 0.05) is 12.1 Å². The van der Waals surface area contributed by atoms with Crippen molar-refractivity contribution >= 4 is 18.4 Å². The third-order valence-corrected chi connectivity index (χ3v) is 4.95. The fraction of sp³-hybridized carbons (Fsp3) is 0.588. The Bertz CT molecular complexity index is 491. The lowest BCUT2D eigenvalue weighted by Crippen LogP contribution is -2.43. The molecule has 0 amide bonds. The minimum Gasteiger partial charge on any atom is -0.462 e. The van der Waals surface area contributed by atoms with Gasteiger partial charge in [0.15, 0.2) is 0 Å². The fourth-order valence-electron chi connectivity index (χ4n) is 3.65. The van der Waals surface area contributed by atoms with Gasteiger partial charge in [-0.2, -0.15) is 0 Å². The van der Waals surface area contributed by atoms with Gasteiger partial charge in [-0.05, 0) is 50.8 Å². The van der Waals surface area contributed by atoms with Crippen molar-refractivity contribution in [2.24, 2.45) is 0 Å². The van der Waals surface area contributed by atoms with Crippen LogP contribution in [0.2, 0.25) is 0 Å². The Kier molecular flexibility index (Phi) is 5.28. The van der Waals surface area contributed by atoms with Crippen molar-refractivity contribution in [1.82, 2.24) is 4.90 Å². The predicted octanol–water partition coefficient (Wildman–Crippen LogP) is 3.13. The van der Waals surface area contributed by atoms with Crippen molar-refractivity contribution in [2.45, 2.75) is 57.2 Å². The van der Waals surface area contributed by atoms with Gasteiger partial charge in [0.1, 0.15) is 6.10 Å². The van der Waals surface area contributed by atoms with E-state index in [1.807, 2.05) is 31.2 Å². The molecule has 2 heterocycles. The van der Waals surface area contributed by atoms with Crippen LogP contribution in [0.5, 0.6) is 0 Å². The Morgan fingerprint density at radius 3 is 2.48 bits per heavy atom. The molecule has 2 aliphatic rings. The first-order valence-corrected chi connectivity index (χ1v) is 7.59. The Labute approximate surface area is 133 Å². The topological polar surface area (TPSA) is 29.5 Å². The van der Waals surface area contributed by atoms with Gasteiger partial charge in [-0.1, -0.05) is 24.3 Å². The van der Waals surface area contributed by atoms with Crippen LogP contribution >= 0.6 is 12.4 Å². The number of hydrogen-bond acceptors (Lipinski definition) is 3. The summed E-state index contributed by atoms with van der Waals surface area (Å²) in [5, 5.41) is 0. The van der Waals surface area contributed by atoms with E-state index in [0.717, 1.165) is 24.0 Å². The molecule has 3 rings (SSSR count). The summed E-state index contributed by atoms with van der Waals surface area (Å²) in [6.45, 7) is 2.04. The highest BCUT2D eigenvalue weighted by atomic mass is 35.5. The van der Waals surface area contributed by atoms with Crippen LogP contribution in [0, 0.1) is 6.92 Å². The first kappa shape index (κ1) is 16.3. The molecule has 21 heavy (non-hydrogen) atoms. The van der Waals surface area contributed by atoms with E-state index >= 15 is 0 Å². The van der Waals surface area contributed by atoms with Gasteiger partial charge < -0.3 is 9.64 Å². The van der Waals surface area contributed by atoms with Crippen LogP contribution < -0.4 is 0 Å². The first-order chi connectivity index (χ1) is 9.63. The number of carbonyl (C=O) groups excluding carboxylic acids is 1. The highest BCUT2D eigenvalue weighted by molar-refractivity contribution is 5.85. The molecule has 0 aliphatic carbocycles. The van der Waals surface area contributed by atoms with Crippen LogP contribution in [0.25, 0.3) is 0 Å². The molecule has 2 bridgehead atoms. The Morgan fingerprint density at radius 2 is 1.86 bits per heavy atom. The minimum atomic E-state index is -0.0757. The number of piperidine rings is 1. The third-order valence-electron chi connectivity index (χ3n) is 4.95. The van der Waals surface area contributed by atoms with E-state index in [1.165, 1.54) is 12.8 Å². The number of carbonyl (C=O) groups is 1. The van der Waals surface area contributed by atoms with Crippen LogP contribution in [-0.2, 0) is 16.0 Å². The second kappa shape index (κ2) is 6.80. The van der Waals surface area contributed by atoms with E-state index in [-0.39, 0.29) is 24.5 Å². The number of hydrogen-bond donors (Lipinski definition) is 0. The molecule has 3 nitrogen and oxygen atoms in total. The van der Waals surface area contributed by atoms with Gasteiger partial charge in [0.05, 0.1) is 6.42 Å². The van der Waals surface area contributed by atoms with Crippen molar-refractivity contribution in [3.8, 4) is 0 Å². The molecule has 2 aliphatic heterocycles. The number of ether oxygens (including phenoxy) is 1. The number of aryl methyl sites for hydroxylation is 1. The van der Waals surface area contributed by atoms with Gasteiger partial charge >= 0.3 is 5.97 Å². The molecule has 1 aromatic carbocycles. The van der Waals surface area contributed by atoms with Crippen molar-refractivity contribution in [2.75, 3.05) is 7.05 Å². The maximum Gasteiger partial charge on any atom is 0.310 e. The Balaban J connectivity index is 0.00000161. The summed E-state index contributed by atoms with van der Waals surface area (Å²) >= 11 is 0. The monoisotopic (exact) mass is 309 g/mol. The average Bonchev–Trinajstić information content (AvgIpc) is 2.63.